The summed E-state index contributed by atoms with van der Waals surface area (Å²) in [6.07, 6.45) is -2.03. The molecule has 17 heavy (non-hydrogen) atoms. The van der Waals surface area contributed by atoms with E-state index >= 15 is 0 Å². The minimum atomic E-state index is -1.38. The van der Waals surface area contributed by atoms with Crippen LogP contribution in [0.2, 0.25) is 0 Å². The Kier molecular flexibility index (Phi) is 4.47. The number of likely N-dealkylation sites (tertiary alicyclic amines) is 1. The van der Waals surface area contributed by atoms with E-state index in [2.05, 4.69) is 6.58 Å². The highest BCUT2D eigenvalue weighted by molar-refractivity contribution is 5.74. The third kappa shape index (κ3) is 3.18. The number of piperidine rings is 1. The summed E-state index contributed by atoms with van der Waals surface area (Å²) in [5.41, 5.74) is 0. The van der Waals surface area contributed by atoms with Crippen LogP contribution in [-0.4, -0.2) is 64.2 Å². The van der Waals surface area contributed by atoms with E-state index in [-0.39, 0.29) is 19.7 Å². The molecular weight excluding hydrogens is 230 g/mol. The molecule has 3 atom stereocenters. The van der Waals surface area contributed by atoms with Gasteiger partial charge < -0.3 is 25.0 Å². The number of nitrogens with zero attached hydrogens (tertiary/aromatic N) is 1. The molecule has 1 aliphatic rings. The maximum Gasteiger partial charge on any atom is 0.410 e. The number of amides is 1. The second kappa shape index (κ2) is 5.65. The van der Waals surface area contributed by atoms with Gasteiger partial charge in [0.2, 0.25) is 0 Å². The summed E-state index contributed by atoms with van der Waals surface area (Å²) in [7, 11) is 0. The molecule has 0 aromatic carbocycles. The molecule has 0 aliphatic carbocycles. The number of hydrogen-bond donors (Lipinski definition) is 3. The first-order chi connectivity index (χ1) is 7.97. The smallest absolute Gasteiger partial charge is 0.410 e. The molecule has 1 aliphatic heterocycles. The SMILES string of the molecule is C=CCOC(=O)N1CC(O)C(O)C(C(=O)O)C1. The van der Waals surface area contributed by atoms with E-state index in [0.29, 0.717) is 0 Å². The Morgan fingerprint density at radius 3 is 2.59 bits per heavy atom. The van der Waals surface area contributed by atoms with Crippen molar-refractivity contribution in [2.45, 2.75) is 12.2 Å². The molecule has 1 rings (SSSR count). The van der Waals surface area contributed by atoms with Gasteiger partial charge in [0.05, 0.1) is 18.8 Å². The summed E-state index contributed by atoms with van der Waals surface area (Å²) in [5, 5.41) is 27.8. The van der Waals surface area contributed by atoms with Gasteiger partial charge in [-0.15, -0.1) is 0 Å². The summed E-state index contributed by atoms with van der Waals surface area (Å²) in [6, 6.07) is 0. The predicted octanol–water partition coefficient (Wildman–Crippen LogP) is -0.953. The van der Waals surface area contributed by atoms with Gasteiger partial charge in [0.15, 0.2) is 0 Å². The second-order valence-electron chi connectivity index (χ2n) is 3.77. The Morgan fingerprint density at radius 1 is 1.41 bits per heavy atom. The summed E-state index contributed by atoms with van der Waals surface area (Å²) >= 11 is 0. The van der Waals surface area contributed by atoms with Crippen LogP contribution in [0.4, 0.5) is 4.79 Å². The van der Waals surface area contributed by atoms with Gasteiger partial charge in [-0.2, -0.15) is 0 Å². The van der Waals surface area contributed by atoms with Gasteiger partial charge in [-0.3, -0.25) is 4.79 Å². The number of aliphatic hydroxyl groups excluding tert-OH is 2. The van der Waals surface area contributed by atoms with Gasteiger partial charge in [-0.05, 0) is 0 Å². The fourth-order valence-corrected chi connectivity index (χ4v) is 1.62. The van der Waals surface area contributed by atoms with Crippen LogP contribution >= 0.6 is 0 Å². The first-order valence-corrected chi connectivity index (χ1v) is 5.09. The number of carbonyl (C=O) groups is 2. The van der Waals surface area contributed by atoms with Crippen LogP contribution in [0.15, 0.2) is 12.7 Å². The molecule has 3 unspecified atom stereocenters. The molecule has 0 radical (unpaired) electrons. The number of ether oxygens (including phenoxy) is 1. The van der Waals surface area contributed by atoms with Gasteiger partial charge in [-0.25, -0.2) is 4.79 Å². The number of carbonyl (C=O) groups excluding carboxylic acids is 1. The van der Waals surface area contributed by atoms with Crippen molar-refractivity contribution in [3.8, 4) is 0 Å². The van der Waals surface area contributed by atoms with Crippen molar-refractivity contribution in [3.05, 3.63) is 12.7 Å². The van der Waals surface area contributed by atoms with Crippen LogP contribution < -0.4 is 0 Å². The van der Waals surface area contributed by atoms with E-state index in [0.717, 1.165) is 4.90 Å². The molecule has 0 bridgehead atoms. The van der Waals surface area contributed by atoms with Crippen molar-refractivity contribution in [1.82, 2.24) is 4.90 Å². The fraction of sp³-hybridized carbons (Fsp3) is 0.600. The lowest BCUT2D eigenvalue weighted by molar-refractivity contribution is -0.154. The standard InChI is InChI=1S/C10H15NO6/c1-2-3-17-10(16)11-4-6(9(14)15)8(13)7(12)5-11/h2,6-8,12-13H,1,3-5H2,(H,14,15). The zero-order chi connectivity index (χ0) is 13.0. The Morgan fingerprint density at radius 2 is 2.06 bits per heavy atom. The summed E-state index contributed by atoms with van der Waals surface area (Å²) in [6.45, 7) is 3.03. The second-order valence-corrected chi connectivity index (χ2v) is 3.77. The molecule has 0 saturated carbocycles. The number of β-amino-alcohol motifs (C(OH)–C–C–N with tert-alkyl or cyclic N) is 1. The Hall–Kier alpha value is -1.60. The largest absolute Gasteiger partial charge is 0.481 e. The molecule has 1 fully saturated rings. The van der Waals surface area contributed by atoms with E-state index in [1.165, 1.54) is 6.08 Å². The topological polar surface area (TPSA) is 107 Å². The van der Waals surface area contributed by atoms with Gasteiger partial charge in [0.25, 0.3) is 0 Å². The van der Waals surface area contributed by atoms with Crippen molar-refractivity contribution in [3.63, 3.8) is 0 Å². The highest BCUT2D eigenvalue weighted by atomic mass is 16.6. The monoisotopic (exact) mass is 245 g/mol. The van der Waals surface area contributed by atoms with Crippen molar-refractivity contribution in [1.29, 1.82) is 0 Å². The molecule has 0 aromatic rings. The molecule has 3 N–H and O–H groups in total. The third-order valence-electron chi connectivity index (χ3n) is 2.53. The summed E-state index contributed by atoms with van der Waals surface area (Å²) < 4.78 is 4.73. The Bertz CT molecular complexity index is 318. The molecule has 0 spiro atoms. The van der Waals surface area contributed by atoms with Gasteiger partial charge in [-0.1, -0.05) is 12.7 Å². The number of carboxylic acid groups (broad SMARTS) is 1. The van der Waals surface area contributed by atoms with Crippen LogP contribution in [0.1, 0.15) is 0 Å². The van der Waals surface area contributed by atoms with Gasteiger partial charge in [0, 0.05) is 6.54 Å². The molecule has 7 nitrogen and oxygen atoms in total. The first-order valence-electron chi connectivity index (χ1n) is 5.09. The minimum absolute atomic E-state index is 0.00567. The number of aliphatic hydroxyl groups is 2. The normalized spacial score (nSPS) is 28.6. The lowest BCUT2D eigenvalue weighted by Gasteiger charge is -2.36. The van der Waals surface area contributed by atoms with E-state index in [4.69, 9.17) is 9.84 Å². The Balaban J connectivity index is 2.66. The van der Waals surface area contributed by atoms with Gasteiger partial charge >= 0.3 is 12.1 Å². The number of hydrogen-bond acceptors (Lipinski definition) is 5. The van der Waals surface area contributed by atoms with E-state index in [1.54, 1.807) is 0 Å². The van der Waals surface area contributed by atoms with Crippen LogP contribution in [0.3, 0.4) is 0 Å². The molecule has 1 amide bonds. The van der Waals surface area contributed by atoms with Crippen molar-refractivity contribution in [2.24, 2.45) is 5.92 Å². The first kappa shape index (κ1) is 13.5. The van der Waals surface area contributed by atoms with Crippen LogP contribution in [0, 0.1) is 5.92 Å². The summed E-state index contributed by atoms with van der Waals surface area (Å²) in [5.74, 6) is -2.48. The molecule has 0 aromatic heterocycles. The average molecular weight is 245 g/mol. The summed E-state index contributed by atoms with van der Waals surface area (Å²) in [4.78, 5) is 23.3. The quantitative estimate of drug-likeness (QED) is 0.553. The number of rotatable bonds is 3. The molecule has 1 heterocycles. The van der Waals surface area contributed by atoms with E-state index in [9.17, 15) is 19.8 Å². The molecule has 96 valence electrons. The van der Waals surface area contributed by atoms with Gasteiger partial charge in [0.1, 0.15) is 12.5 Å². The zero-order valence-electron chi connectivity index (χ0n) is 9.15. The van der Waals surface area contributed by atoms with Crippen molar-refractivity contribution in [2.75, 3.05) is 19.7 Å². The molecular formula is C10H15NO6. The zero-order valence-corrected chi connectivity index (χ0v) is 9.15. The lowest BCUT2D eigenvalue weighted by Crippen LogP contribution is -2.56. The van der Waals surface area contributed by atoms with Crippen molar-refractivity contribution < 1.29 is 29.6 Å². The number of carboxylic acids is 1. The maximum absolute atomic E-state index is 11.4. The molecule has 1 saturated heterocycles. The van der Waals surface area contributed by atoms with E-state index in [1.807, 2.05) is 0 Å². The molecule has 7 heteroatoms. The third-order valence-corrected chi connectivity index (χ3v) is 2.53. The lowest BCUT2D eigenvalue weighted by atomic mass is 9.93. The number of aliphatic carboxylic acids is 1. The Labute approximate surface area is 97.9 Å². The highest BCUT2D eigenvalue weighted by Crippen LogP contribution is 2.18. The highest BCUT2D eigenvalue weighted by Gasteiger charge is 2.41. The van der Waals surface area contributed by atoms with E-state index < -0.39 is 30.2 Å². The van der Waals surface area contributed by atoms with Crippen molar-refractivity contribution >= 4 is 12.1 Å². The average Bonchev–Trinajstić information content (AvgIpc) is 2.28. The fourth-order valence-electron chi connectivity index (χ4n) is 1.62. The minimum Gasteiger partial charge on any atom is -0.481 e. The predicted molar refractivity (Wildman–Crippen MR) is 56.3 cm³/mol. The maximum atomic E-state index is 11.4. The van der Waals surface area contributed by atoms with Crippen LogP contribution in [0.5, 0.6) is 0 Å². The van der Waals surface area contributed by atoms with Crippen LogP contribution in [0.25, 0.3) is 0 Å². The van der Waals surface area contributed by atoms with Crippen LogP contribution in [-0.2, 0) is 9.53 Å².